The Kier molecular flexibility index (Phi) is 5.81. The molecular weight excluding hydrogens is 376 g/mol. The third kappa shape index (κ3) is 4.66. The summed E-state index contributed by atoms with van der Waals surface area (Å²) in [6, 6.07) is 5.34. The monoisotopic (exact) mass is 396 g/mol. The molecular formula is C19H20N6O2S. The second kappa shape index (κ2) is 8.83. The van der Waals surface area contributed by atoms with Crippen LogP contribution in [0.25, 0.3) is 0 Å². The second-order valence-corrected chi connectivity index (χ2v) is 7.35. The molecule has 28 heavy (non-hydrogen) atoms. The number of furan rings is 1. The van der Waals surface area contributed by atoms with Crippen molar-refractivity contribution in [1.82, 2.24) is 25.3 Å². The summed E-state index contributed by atoms with van der Waals surface area (Å²) < 4.78 is 5.70. The first-order chi connectivity index (χ1) is 13.8. The summed E-state index contributed by atoms with van der Waals surface area (Å²) in [5.41, 5.74) is 0. The lowest BCUT2D eigenvalue weighted by atomic mass is 10.1. The number of carbonyl (C=O) groups is 1. The van der Waals surface area contributed by atoms with Crippen molar-refractivity contribution in [2.24, 2.45) is 0 Å². The maximum absolute atomic E-state index is 12.6. The van der Waals surface area contributed by atoms with E-state index in [4.69, 9.17) is 4.42 Å². The number of piperidine rings is 1. The van der Waals surface area contributed by atoms with Gasteiger partial charge in [-0.05, 0) is 31.0 Å². The number of anilines is 1. The van der Waals surface area contributed by atoms with Crippen LogP contribution in [0.2, 0.25) is 0 Å². The van der Waals surface area contributed by atoms with Gasteiger partial charge in [0.1, 0.15) is 11.6 Å². The van der Waals surface area contributed by atoms with E-state index in [9.17, 15) is 4.79 Å². The Morgan fingerprint density at radius 1 is 1.21 bits per heavy atom. The topological polar surface area (TPSA) is 97.0 Å². The Balaban J connectivity index is 1.32. The summed E-state index contributed by atoms with van der Waals surface area (Å²) in [4.78, 5) is 31.5. The normalized spacial score (nSPS) is 16.7. The Bertz CT molecular complexity index is 905. The Labute approximate surface area is 166 Å². The number of nitrogens with zero attached hydrogens (tertiary/aromatic N) is 5. The van der Waals surface area contributed by atoms with Crippen LogP contribution in [0, 0.1) is 0 Å². The number of thioether (sulfide) groups is 1. The molecule has 1 aliphatic heterocycles. The SMILES string of the molecule is O=C(N[C@@H]1CCCN(c2cnccn2)C1)c1ccc(CSc2ncccn2)o1. The standard InChI is InChI=1S/C19H20N6O2S/c26-18(16-5-4-15(27-16)13-28-19-22-6-2-7-23-19)24-14-3-1-10-25(12-14)17-11-20-8-9-21-17/h2,4-9,11,14H,1,3,10,12-13H2,(H,24,26)/t14-/m1/s1. The van der Waals surface area contributed by atoms with Gasteiger partial charge >= 0.3 is 0 Å². The molecule has 0 unspecified atom stereocenters. The average Bonchev–Trinajstić information content (AvgIpc) is 3.23. The lowest BCUT2D eigenvalue weighted by molar-refractivity contribution is 0.0903. The molecule has 3 aromatic heterocycles. The number of hydrogen-bond donors (Lipinski definition) is 1. The summed E-state index contributed by atoms with van der Waals surface area (Å²) in [5.74, 6) is 2.25. The molecule has 0 bridgehead atoms. The summed E-state index contributed by atoms with van der Waals surface area (Å²) in [7, 11) is 0. The van der Waals surface area contributed by atoms with Gasteiger partial charge in [0.25, 0.3) is 5.91 Å². The molecule has 0 saturated carbocycles. The molecule has 8 nitrogen and oxygen atoms in total. The van der Waals surface area contributed by atoms with E-state index < -0.39 is 0 Å². The number of nitrogens with one attached hydrogen (secondary N) is 1. The van der Waals surface area contributed by atoms with Gasteiger partial charge in [0.2, 0.25) is 0 Å². The van der Waals surface area contributed by atoms with Gasteiger partial charge in [-0.1, -0.05) is 11.8 Å². The van der Waals surface area contributed by atoms with Gasteiger partial charge in [-0.25, -0.2) is 15.0 Å². The van der Waals surface area contributed by atoms with Crippen LogP contribution >= 0.6 is 11.8 Å². The van der Waals surface area contributed by atoms with E-state index in [2.05, 4.69) is 30.2 Å². The number of rotatable bonds is 6. The van der Waals surface area contributed by atoms with E-state index in [1.807, 2.05) is 6.07 Å². The van der Waals surface area contributed by atoms with Crippen LogP contribution in [0.5, 0.6) is 0 Å². The van der Waals surface area contributed by atoms with E-state index in [-0.39, 0.29) is 11.9 Å². The van der Waals surface area contributed by atoms with Crippen LogP contribution in [0.3, 0.4) is 0 Å². The molecule has 9 heteroatoms. The average molecular weight is 396 g/mol. The molecule has 1 N–H and O–H groups in total. The van der Waals surface area contributed by atoms with Gasteiger partial charge in [-0.2, -0.15) is 0 Å². The summed E-state index contributed by atoms with van der Waals surface area (Å²) in [6.45, 7) is 1.62. The molecule has 0 radical (unpaired) electrons. The van der Waals surface area contributed by atoms with Gasteiger partial charge in [0.05, 0.1) is 11.9 Å². The van der Waals surface area contributed by atoms with Gasteiger partial charge in [-0.3, -0.25) is 9.78 Å². The van der Waals surface area contributed by atoms with Crippen molar-refractivity contribution >= 4 is 23.5 Å². The highest BCUT2D eigenvalue weighted by Gasteiger charge is 2.24. The lowest BCUT2D eigenvalue weighted by Gasteiger charge is -2.33. The van der Waals surface area contributed by atoms with E-state index in [0.29, 0.717) is 29.0 Å². The maximum atomic E-state index is 12.6. The van der Waals surface area contributed by atoms with Crippen molar-refractivity contribution in [3.05, 3.63) is 60.7 Å². The largest absolute Gasteiger partial charge is 0.455 e. The van der Waals surface area contributed by atoms with Crippen LogP contribution in [0.4, 0.5) is 5.82 Å². The third-order valence-electron chi connectivity index (χ3n) is 4.40. The van der Waals surface area contributed by atoms with Gasteiger partial charge < -0.3 is 14.6 Å². The molecule has 4 heterocycles. The minimum atomic E-state index is -0.196. The zero-order chi connectivity index (χ0) is 19.2. The summed E-state index contributed by atoms with van der Waals surface area (Å²) >= 11 is 1.46. The first kappa shape index (κ1) is 18.4. The Hall–Kier alpha value is -2.94. The summed E-state index contributed by atoms with van der Waals surface area (Å²) in [6.07, 6.45) is 10.4. The molecule has 0 aliphatic carbocycles. The van der Waals surface area contributed by atoms with E-state index in [1.165, 1.54) is 11.8 Å². The molecule has 144 valence electrons. The first-order valence-corrected chi connectivity index (χ1v) is 10.1. The molecule has 3 aromatic rings. The van der Waals surface area contributed by atoms with Crippen molar-refractivity contribution in [1.29, 1.82) is 0 Å². The lowest BCUT2D eigenvalue weighted by Crippen LogP contribution is -2.48. The number of amides is 1. The Morgan fingerprint density at radius 3 is 2.93 bits per heavy atom. The zero-order valence-electron chi connectivity index (χ0n) is 15.2. The smallest absolute Gasteiger partial charge is 0.287 e. The first-order valence-electron chi connectivity index (χ1n) is 9.08. The Morgan fingerprint density at radius 2 is 2.11 bits per heavy atom. The fourth-order valence-electron chi connectivity index (χ4n) is 3.09. The molecule has 1 saturated heterocycles. The second-order valence-electron chi connectivity index (χ2n) is 6.41. The highest BCUT2D eigenvalue weighted by molar-refractivity contribution is 7.98. The van der Waals surface area contributed by atoms with Crippen molar-refractivity contribution in [2.75, 3.05) is 18.0 Å². The fourth-order valence-corrected chi connectivity index (χ4v) is 3.78. The minimum Gasteiger partial charge on any atom is -0.455 e. The van der Waals surface area contributed by atoms with Crippen molar-refractivity contribution in [3.63, 3.8) is 0 Å². The molecule has 1 amide bonds. The molecule has 1 atom stereocenters. The van der Waals surface area contributed by atoms with Crippen LogP contribution in [-0.4, -0.2) is 45.0 Å². The number of hydrogen-bond acceptors (Lipinski definition) is 8. The maximum Gasteiger partial charge on any atom is 0.287 e. The number of aromatic nitrogens is 4. The van der Waals surface area contributed by atoms with Crippen LogP contribution in [0.15, 0.2) is 58.8 Å². The minimum absolute atomic E-state index is 0.0453. The van der Waals surface area contributed by atoms with E-state index in [1.54, 1.807) is 43.1 Å². The van der Waals surface area contributed by atoms with Crippen molar-refractivity contribution in [2.45, 2.75) is 29.8 Å². The summed E-state index contributed by atoms with van der Waals surface area (Å²) in [5, 5.41) is 3.75. The van der Waals surface area contributed by atoms with E-state index in [0.717, 1.165) is 25.2 Å². The highest BCUT2D eigenvalue weighted by Crippen LogP contribution is 2.21. The van der Waals surface area contributed by atoms with Crippen LogP contribution in [0.1, 0.15) is 29.2 Å². The molecule has 0 spiro atoms. The predicted molar refractivity (Wildman–Crippen MR) is 105 cm³/mol. The third-order valence-corrected chi connectivity index (χ3v) is 5.30. The highest BCUT2D eigenvalue weighted by atomic mass is 32.2. The molecule has 0 aromatic carbocycles. The molecule has 1 aliphatic rings. The zero-order valence-corrected chi connectivity index (χ0v) is 16.0. The molecule has 1 fully saturated rings. The van der Waals surface area contributed by atoms with Crippen molar-refractivity contribution < 1.29 is 9.21 Å². The van der Waals surface area contributed by atoms with Crippen molar-refractivity contribution in [3.8, 4) is 0 Å². The quantitative estimate of drug-likeness (QED) is 0.502. The predicted octanol–water partition coefficient (Wildman–Crippen LogP) is 2.55. The fraction of sp³-hybridized carbons (Fsp3) is 0.316. The van der Waals surface area contributed by atoms with Gasteiger partial charge in [0.15, 0.2) is 10.9 Å². The van der Waals surface area contributed by atoms with Crippen LogP contribution < -0.4 is 10.2 Å². The van der Waals surface area contributed by atoms with Gasteiger partial charge in [-0.15, -0.1) is 0 Å². The van der Waals surface area contributed by atoms with Gasteiger partial charge in [0, 0.05) is 43.9 Å². The van der Waals surface area contributed by atoms with E-state index >= 15 is 0 Å². The molecule has 4 rings (SSSR count). The van der Waals surface area contributed by atoms with Crippen LogP contribution in [-0.2, 0) is 5.75 Å². The number of carbonyl (C=O) groups excluding carboxylic acids is 1.